The van der Waals surface area contributed by atoms with Crippen LogP contribution < -0.4 is 16.6 Å². The van der Waals surface area contributed by atoms with E-state index < -0.39 is 5.82 Å². The molecule has 1 aromatic heterocycles. The van der Waals surface area contributed by atoms with Gasteiger partial charge < -0.3 is 20.9 Å². The molecule has 0 saturated carbocycles. The maximum absolute atomic E-state index is 13.4. The molecule has 29 heavy (non-hydrogen) atoms. The van der Waals surface area contributed by atoms with Crippen molar-refractivity contribution in [3.8, 4) is 0 Å². The van der Waals surface area contributed by atoms with Gasteiger partial charge in [-0.3, -0.25) is 4.79 Å². The second kappa shape index (κ2) is 9.07. The SMILES string of the molecule is C[C@@H](c1c[nH]c(=O)c2ccccc12)N(CCCN)C(=O)Nc1ccc(F)c(Cl)c1. The molecule has 3 rings (SSSR count). The topological polar surface area (TPSA) is 91.2 Å². The van der Waals surface area contributed by atoms with Gasteiger partial charge in [-0.1, -0.05) is 29.8 Å². The summed E-state index contributed by atoms with van der Waals surface area (Å²) in [7, 11) is 0. The van der Waals surface area contributed by atoms with Crippen LogP contribution in [-0.2, 0) is 0 Å². The van der Waals surface area contributed by atoms with E-state index in [9.17, 15) is 14.0 Å². The fourth-order valence-electron chi connectivity index (χ4n) is 3.25. The van der Waals surface area contributed by atoms with E-state index >= 15 is 0 Å². The largest absolute Gasteiger partial charge is 0.330 e. The zero-order chi connectivity index (χ0) is 21.0. The molecule has 8 heteroatoms. The van der Waals surface area contributed by atoms with Gasteiger partial charge >= 0.3 is 6.03 Å². The van der Waals surface area contributed by atoms with Crippen LogP contribution in [0.15, 0.2) is 53.5 Å². The Labute approximate surface area is 172 Å². The maximum atomic E-state index is 13.4. The van der Waals surface area contributed by atoms with Gasteiger partial charge in [0.1, 0.15) is 5.82 Å². The van der Waals surface area contributed by atoms with Crippen molar-refractivity contribution in [3.05, 3.63) is 75.4 Å². The summed E-state index contributed by atoms with van der Waals surface area (Å²) >= 11 is 5.81. The Morgan fingerprint density at radius 3 is 2.69 bits per heavy atom. The van der Waals surface area contributed by atoms with E-state index in [-0.39, 0.29) is 22.7 Å². The number of carbonyl (C=O) groups is 1. The number of anilines is 1. The smallest absolute Gasteiger partial charge is 0.322 e. The molecule has 3 aromatic rings. The van der Waals surface area contributed by atoms with Gasteiger partial charge in [0, 0.05) is 23.8 Å². The highest BCUT2D eigenvalue weighted by atomic mass is 35.5. The Bertz CT molecular complexity index is 1090. The number of rotatable bonds is 6. The number of nitrogens with one attached hydrogen (secondary N) is 2. The number of nitrogens with two attached hydrogens (primary N) is 1. The fraction of sp³-hybridized carbons (Fsp3) is 0.238. The fourth-order valence-corrected chi connectivity index (χ4v) is 3.43. The lowest BCUT2D eigenvalue weighted by molar-refractivity contribution is 0.193. The standard InChI is InChI=1S/C21H22ClFN4O2/c1-13(17-12-25-20(28)16-6-3-2-5-15(16)17)27(10-4-9-24)21(29)26-14-7-8-19(23)18(22)11-14/h2-3,5-8,11-13H,4,9-10,24H2,1H3,(H,25,28)(H,26,29)/t13-/m0/s1. The number of nitrogens with zero attached hydrogens (tertiary/aromatic N) is 1. The summed E-state index contributed by atoms with van der Waals surface area (Å²) in [6.07, 6.45) is 2.23. The average molecular weight is 417 g/mol. The van der Waals surface area contributed by atoms with Crippen molar-refractivity contribution in [2.24, 2.45) is 5.73 Å². The van der Waals surface area contributed by atoms with Gasteiger partial charge in [0.25, 0.3) is 5.56 Å². The number of urea groups is 1. The van der Waals surface area contributed by atoms with Gasteiger partial charge in [0.05, 0.1) is 11.1 Å². The Morgan fingerprint density at radius 2 is 2.00 bits per heavy atom. The van der Waals surface area contributed by atoms with Crippen LogP contribution in [0, 0.1) is 5.82 Å². The lowest BCUT2D eigenvalue weighted by Crippen LogP contribution is -2.38. The molecule has 0 aliphatic carbocycles. The zero-order valence-electron chi connectivity index (χ0n) is 15.9. The molecule has 1 heterocycles. The van der Waals surface area contributed by atoms with Gasteiger partial charge in [-0.25, -0.2) is 9.18 Å². The normalized spacial score (nSPS) is 12.0. The first-order valence-corrected chi connectivity index (χ1v) is 9.63. The zero-order valence-corrected chi connectivity index (χ0v) is 16.7. The molecule has 4 N–H and O–H groups in total. The summed E-state index contributed by atoms with van der Waals surface area (Å²) in [6, 6.07) is 10.5. The lowest BCUT2D eigenvalue weighted by atomic mass is 10.0. The molecule has 0 spiro atoms. The van der Waals surface area contributed by atoms with Crippen LogP contribution >= 0.6 is 11.6 Å². The molecule has 0 unspecified atom stereocenters. The van der Waals surface area contributed by atoms with Gasteiger partial charge in [-0.2, -0.15) is 0 Å². The Hall–Kier alpha value is -2.90. The van der Waals surface area contributed by atoms with Crippen molar-refractivity contribution >= 4 is 34.1 Å². The number of H-pyrrole nitrogens is 1. The number of benzene rings is 2. The van der Waals surface area contributed by atoms with E-state index in [1.165, 1.54) is 18.2 Å². The summed E-state index contributed by atoms with van der Waals surface area (Å²) in [5, 5.41) is 4.01. The number of halogens is 2. The summed E-state index contributed by atoms with van der Waals surface area (Å²) < 4.78 is 13.4. The quantitative estimate of drug-likeness (QED) is 0.560. The van der Waals surface area contributed by atoms with Crippen molar-refractivity contribution in [1.82, 2.24) is 9.88 Å². The van der Waals surface area contributed by atoms with E-state index in [4.69, 9.17) is 17.3 Å². The van der Waals surface area contributed by atoms with Gasteiger partial charge in [-0.15, -0.1) is 0 Å². The Morgan fingerprint density at radius 1 is 1.28 bits per heavy atom. The number of aromatic nitrogens is 1. The minimum atomic E-state index is -0.558. The predicted octanol–water partition coefficient (Wildman–Crippen LogP) is 4.26. The molecule has 6 nitrogen and oxygen atoms in total. The van der Waals surface area contributed by atoms with Crippen molar-refractivity contribution in [1.29, 1.82) is 0 Å². The number of hydrogen-bond acceptors (Lipinski definition) is 3. The number of amides is 2. The molecular weight excluding hydrogens is 395 g/mol. The molecule has 0 saturated heterocycles. The van der Waals surface area contributed by atoms with Gasteiger partial charge in [0.15, 0.2) is 0 Å². The lowest BCUT2D eigenvalue weighted by Gasteiger charge is -2.30. The van der Waals surface area contributed by atoms with Crippen molar-refractivity contribution in [2.45, 2.75) is 19.4 Å². The first kappa shape index (κ1) is 20.8. The second-order valence-corrected chi connectivity index (χ2v) is 7.10. The molecule has 0 bridgehead atoms. The summed E-state index contributed by atoms with van der Waals surface area (Å²) in [6.45, 7) is 2.71. The van der Waals surface area contributed by atoms with Crippen molar-refractivity contribution in [3.63, 3.8) is 0 Å². The molecule has 2 amide bonds. The van der Waals surface area contributed by atoms with E-state index in [2.05, 4.69) is 10.3 Å². The van der Waals surface area contributed by atoms with Gasteiger partial charge in [0.2, 0.25) is 0 Å². The summed E-state index contributed by atoms with van der Waals surface area (Å²) in [5.41, 5.74) is 6.66. The molecule has 1 atom stereocenters. The highest BCUT2D eigenvalue weighted by Gasteiger charge is 2.23. The van der Waals surface area contributed by atoms with E-state index in [1.54, 1.807) is 23.2 Å². The number of carbonyl (C=O) groups excluding carboxylic acids is 1. The molecule has 2 aromatic carbocycles. The van der Waals surface area contributed by atoms with Crippen LogP contribution in [0.4, 0.5) is 14.9 Å². The van der Waals surface area contributed by atoms with Crippen LogP contribution in [0.3, 0.4) is 0 Å². The third-order valence-corrected chi connectivity index (χ3v) is 5.08. The maximum Gasteiger partial charge on any atom is 0.322 e. The van der Waals surface area contributed by atoms with Crippen molar-refractivity contribution in [2.75, 3.05) is 18.4 Å². The molecular formula is C21H22ClFN4O2. The summed E-state index contributed by atoms with van der Waals surface area (Å²) in [5.74, 6) is -0.558. The van der Waals surface area contributed by atoms with Crippen LogP contribution in [0.1, 0.15) is 24.9 Å². The third-order valence-electron chi connectivity index (χ3n) is 4.79. The number of hydrogen-bond donors (Lipinski definition) is 3. The first-order valence-electron chi connectivity index (χ1n) is 9.25. The average Bonchev–Trinajstić information content (AvgIpc) is 2.71. The first-order chi connectivity index (χ1) is 13.9. The van der Waals surface area contributed by atoms with Crippen LogP contribution in [0.2, 0.25) is 5.02 Å². The Kier molecular flexibility index (Phi) is 6.51. The minimum Gasteiger partial charge on any atom is -0.330 e. The van der Waals surface area contributed by atoms with Gasteiger partial charge in [-0.05, 0) is 55.1 Å². The molecule has 0 radical (unpaired) electrons. The molecule has 0 aliphatic heterocycles. The van der Waals surface area contributed by atoms with Crippen LogP contribution in [0.25, 0.3) is 10.8 Å². The van der Waals surface area contributed by atoms with E-state index in [0.29, 0.717) is 30.6 Å². The molecule has 0 aliphatic rings. The van der Waals surface area contributed by atoms with Crippen molar-refractivity contribution < 1.29 is 9.18 Å². The van der Waals surface area contributed by atoms with E-state index in [0.717, 1.165) is 10.9 Å². The summed E-state index contributed by atoms with van der Waals surface area (Å²) in [4.78, 5) is 29.5. The molecule has 0 fully saturated rings. The second-order valence-electron chi connectivity index (χ2n) is 6.69. The van der Waals surface area contributed by atoms with Crippen LogP contribution in [0.5, 0.6) is 0 Å². The number of aromatic amines is 1. The minimum absolute atomic E-state index is 0.0732. The number of pyridine rings is 1. The number of fused-ring (bicyclic) bond motifs is 1. The monoisotopic (exact) mass is 416 g/mol. The van der Waals surface area contributed by atoms with Crippen LogP contribution in [-0.4, -0.2) is 29.0 Å². The highest BCUT2D eigenvalue weighted by molar-refractivity contribution is 6.31. The Balaban J connectivity index is 1.93. The third kappa shape index (κ3) is 4.58. The predicted molar refractivity (Wildman–Crippen MR) is 114 cm³/mol. The molecule has 152 valence electrons. The van der Waals surface area contributed by atoms with E-state index in [1.807, 2.05) is 19.1 Å². The highest BCUT2D eigenvalue weighted by Crippen LogP contribution is 2.27.